The van der Waals surface area contributed by atoms with E-state index in [0.29, 0.717) is 17.2 Å². The second kappa shape index (κ2) is 8.15. The highest BCUT2D eigenvalue weighted by molar-refractivity contribution is 7.10. The van der Waals surface area contributed by atoms with Gasteiger partial charge in [-0.1, -0.05) is 6.07 Å². The highest BCUT2D eigenvalue weighted by Gasteiger charge is 2.15. The summed E-state index contributed by atoms with van der Waals surface area (Å²) >= 11 is 1.58. The number of rotatable bonds is 6. The lowest BCUT2D eigenvalue weighted by Crippen LogP contribution is -2.36. The number of furan rings is 1. The minimum absolute atomic E-state index is 0.0907. The van der Waals surface area contributed by atoms with Crippen molar-refractivity contribution in [3.8, 4) is 0 Å². The molecule has 0 saturated heterocycles. The second-order valence-electron chi connectivity index (χ2n) is 6.22. The van der Waals surface area contributed by atoms with Crippen LogP contribution in [-0.2, 0) is 6.54 Å². The second-order valence-corrected chi connectivity index (χ2v) is 7.20. The molecule has 3 N–H and O–H groups in total. The molecule has 1 unspecified atom stereocenters. The van der Waals surface area contributed by atoms with E-state index < -0.39 is 5.91 Å². The fourth-order valence-electron chi connectivity index (χ4n) is 2.71. The Bertz CT molecular complexity index is 1130. The van der Waals surface area contributed by atoms with Gasteiger partial charge in [-0.3, -0.25) is 4.79 Å². The summed E-state index contributed by atoms with van der Waals surface area (Å²) in [6, 6.07) is 10.2. The smallest absolute Gasteiger partial charge is 0.315 e. The molecule has 0 aliphatic heterocycles. The number of urea groups is 1. The zero-order valence-electron chi connectivity index (χ0n) is 15.5. The lowest BCUT2D eigenvalue weighted by atomic mass is 10.3. The molecule has 0 saturated carbocycles. The maximum Gasteiger partial charge on any atom is 0.315 e. The van der Waals surface area contributed by atoms with Crippen molar-refractivity contribution in [1.29, 1.82) is 0 Å². The maximum absolute atomic E-state index is 12.4. The number of anilines is 1. The van der Waals surface area contributed by atoms with Crippen LogP contribution in [-0.4, -0.2) is 26.5 Å². The third-order valence-electron chi connectivity index (χ3n) is 4.15. The van der Waals surface area contributed by atoms with Crippen LogP contribution in [0, 0.1) is 0 Å². The van der Waals surface area contributed by atoms with Gasteiger partial charge in [-0.15, -0.1) is 11.3 Å². The summed E-state index contributed by atoms with van der Waals surface area (Å²) in [5.41, 5.74) is 0.620. The lowest BCUT2D eigenvalue weighted by Gasteiger charge is -2.12. The Kier molecular flexibility index (Phi) is 5.25. The van der Waals surface area contributed by atoms with E-state index in [-0.39, 0.29) is 24.4 Å². The number of thiophene rings is 1. The summed E-state index contributed by atoms with van der Waals surface area (Å²) in [4.78, 5) is 29.7. The summed E-state index contributed by atoms with van der Waals surface area (Å²) in [7, 11) is 0. The Hall–Kier alpha value is -3.66. The number of fused-ring (bicyclic) bond motifs is 1. The van der Waals surface area contributed by atoms with Crippen LogP contribution >= 0.6 is 11.3 Å². The molecular weight excluding hydrogens is 392 g/mol. The fraction of sp³-hybridized carbons (Fsp3) is 0.158. The van der Waals surface area contributed by atoms with Crippen molar-refractivity contribution in [2.45, 2.75) is 19.5 Å². The van der Waals surface area contributed by atoms with Crippen LogP contribution < -0.4 is 16.0 Å². The lowest BCUT2D eigenvalue weighted by molar-refractivity contribution is 0.0994. The van der Waals surface area contributed by atoms with Crippen molar-refractivity contribution in [1.82, 2.24) is 25.2 Å². The van der Waals surface area contributed by atoms with Crippen molar-refractivity contribution < 1.29 is 14.0 Å². The van der Waals surface area contributed by atoms with E-state index in [0.717, 1.165) is 4.88 Å². The van der Waals surface area contributed by atoms with Gasteiger partial charge in [-0.2, -0.15) is 9.61 Å². The number of imidazole rings is 1. The van der Waals surface area contributed by atoms with E-state index in [1.54, 1.807) is 41.8 Å². The summed E-state index contributed by atoms with van der Waals surface area (Å²) in [6.07, 6.45) is 3.12. The number of carbonyl (C=O) groups excluding carboxylic acids is 2. The van der Waals surface area contributed by atoms with Crippen LogP contribution in [0.5, 0.6) is 0 Å². The average molecular weight is 410 g/mol. The molecule has 0 spiro atoms. The Labute approximate surface area is 169 Å². The molecule has 29 heavy (non-hydrogen) atoms. The molecule has 0 aliphatic rings. The Morgan fingerprint density at radius 3 is 2.97 bits per heavy atom. The molecule has 10 heteroatoms. The van der Waals surface area contributed by atoms with Crippen molar-refractivity contribution in [3.63, 3.8) is 0 Å². The number of nitrogens with one attached hydrogen (secondary N) is 3. The minimum atomic E-state index is -0.431. The molecule has 0 bridgehead atoms. The topological polar surface area (TPSA) is 114 Å². The van der Waals surface area contributed by atoms with Crippen molar-refractivity contribution in [2.75, 3.05) is 5.32 Å². The van der Waals surface area contributed by atoms with Gasteiger partial charge in [0.25, 0.3) is 5.91 Å². The molecule has 0 aliphatic carbocycles. The zero-order valence-corrected chi connectivity index (χ0v) is 16.3. The molecule has 0 radical (unpaired) electrons. The first-order valence-corrected chi connectivity index (χ1v) is 9.75. The van der Waals surface area contributed by atoms with E-state index in [4.69, 9.17) is 4.42 Å². The third kappa shape index (κ3) is 4.27. The summed E-state index contributed by atoms with van der Waals surface area (Å²) in [5.74, 6) is 0.591. The van der Waals surface area contributed by atoms with Gasteiger partial charge in [0, 0.05) is 11.1 Å². The van der Waals surface area contributed by atoms with Gasteiger partial charge >= 0.3 is 6.03 Å². The van der Waals surface area contributed by atoms with Crippen LogP contribution in [0.3, 0.4) is 0 Å². The first-order chi connectivity index (χ1) is 14.1. The molecule has 4 rings (SSSR count). The number of nitrogens with zero attached hydrogens (tertiary/aromatic N) is 3. The highest BCUT2D eigenvalue weighted by Crippen LogP contribution is 2.18. The maximum atomic E-state index is 12.4. The number of hydrogen-bond acceptors (Lipinski definition) is 6. The number of hydrogen-bond donors (Lipinski definition) is 3. The molecule has 0 aromatic carbocycles. The van der Waals surface area contributed by atoms with Gasteiger partial charge in [0.1, 0.15) is 5.76 Å². The van der Waals surface area contributed by atoms with Gasteiger partial charge in [-0.05, 0) is 42.6 Å². The van der Waals surface area contributed by atoms with Crippen LogP contribution in [0.2, 0.25) is 0 Å². The van der Waals surface area contributed by atoms with Gasteiger partial charge < -0.3 is 20.4 Å². The first-order valence-electron chi connectivity index (χ1n) is 8.87. The number of aromatic nitrogens is 3. The van der Waals surface area contributed by atoms with Crippen molar-refractivity contribution >= 4 is 34.7 Å². The molecule has 4 aromatic rings. The van der Waals surface area contributed by atoms with Crippen molar-refractivity contribution in [3.05, 3.63) is 70.6 Å². The van der Waals surface area contributed by atoms with E-state index in [9.17, 15) is 9.59 Å². The van der Waals surface area contributed by atoms with Gasteiger partial charge in [-0.25, -0.2) is 9.78 Å². The van der Waals surface area contributed by atoms with Gasteiger partial charge in [0.15, 0.2) is 17.2 Å². The van der Waals surface area contributed by atoms with E-state index in [2.05, 4.69) is 26.0 Å². The standard InChI is InChI=1S/C19H18N6O3S/c1-12(15-4-3-9-29-15)23-19(27)21-10-13-6-7-14(28-13)18(26)24-17-11-20-16-5-2-8-22-25(16)17/h2-9,11-12H,10H2,1H3,(H,24,26)(H2,21,23,27). The Morgan fingerprint density at radius 2 is 2.14 bits per heavy atom. The highest BCUT2D eigenvalue weighted by atomic mass is 32.1. The largest absolute Gasteiger partial charge is 0.454 e. The molecule has 9 nitrogen and oxygen atoms in total. The van der Waals surface area contributed by atoms with Gasteiger partial charge in [0.05, 0.1) is 18.8 Å². The van der Waals surface area contributed by atoms with E-state index in [1.807, 2.05) is 24.4 Å². The summed E-state index contributed by atoms with van der Waals surface area (Å²) < 4.78 is 7.05. The molecule has 0 fully saturated rings. The normalized spacial score (nSPS) is 11.9. The average Bonchev–Trinajstić information content (AvgIpc) is 3.47. The monoisotopic (exact) mass is 410 g/mol. The summed E-state index contributed by atoms with van der Waals surface area (Å²) in [6.45, 7) is 2.07. The van der Waals surface area contributed by atoms with Crippen LogP contribution in [0.1, 0.15) is 34.2 Å². The Morgan fingerprint density at radius 1 is 1.24 bits per heavy atom. The minimum Gasteiger partial charge on any atom is -0.454 e. The van der Waals surface area contributed by atoms with Crippen LogP contribution in [0.4, 0.5) is 10.6 Å². The predicted molar refractivity (Wildman–Crippen MR) is 108 cm³/mol. The quantitative estimate of drug-likeness (QED) is 0.452. The Balaban J connectivity index is 1.32. The third-order valence-corrected chi connectivity index (χ3v) is 5.20. The SMILES string of the molecule is CC(NC(=O)NCc1ccc(C(=O)Nc2cnc3cccnn23)o1)c1cccs1. The van der Waals surface area contributed by atoms with E-state index in [1.165, 1.54) is 10.7 Å². The van der Waals surface area contributed by atoms with Gasteiger partial charge in [0.2, 0.25) is 0 Å². The predicted octanol–water partition coefficient (Wildman–Crippen LogP) is 3.20. The molecule has 3 amide bonds. The first kappa shape index (κ1) is 18.7. The molecule has 1 atom stereocenters. The molecular formula is C19H18N6O3S. The fourth-order valence-corrected chi connectivity index (χ4v) is 3.45. The molecule has 148 valence electrons. The molecule has 4 heterocycles. The number of carbonyl (C=O) groups is 2. The summed E-state index contributed by atoms with van der Waals surface area (Å²) in [5, 5.41) is 14.4. The zero-order chi connectivity index (χ0) is 20.2. The number of amides is 3. The molecule has 4 aromatic heterocycles. The van der Waals surface area contributed by atoms with Crippen LogP contribution in [0.15, 0.2) is 58.6 Å². The van der Waals surface area contributed by atoms with Crippen LogP contribution in [0.25, 0.3) is 5.65 Å². The van der Waals surface area contributed by atoms with E-state index >= 15 is 0 Å². The van der Waals surface area contributed by atoms with Crippen molar-refractivity contribution in [2.24, 2.45) is 0 Å².